The van der Waals surface area contributed by atoms with E-state index in [-0.39, 0.29) is 17.5 Å². The van der Waals surface area contributed by atoms with Gasteiger partial charge in [0.05, 0.1) is 18.4 Å². The summed E-state index contributed by atoms with van der Waals surface area (Å²) in [5.41, 5.74) is 0.954. The number of amides is 1. The van der Waals surface area contributed by atoms with Gasteiger partial charge in [-0.25, -0.2) is 0 Å². The molecule has 3 rings (SSSR count). The van der Waals surface area contributed by atoms with Crippen LogP contribution in [0.15, 0.2) is 59.5 Å². The third-order valence-electron chi connectivity index (χ3n) is 4.49. The lowest BCUT2D eigenvalue weighted by Crippen LogP contribution is -2.33. The second kappa shape index (κ2) is 7.44. The molecule has 0 aliphatic rings. The first-order valence-corrected chi connectivity index (χ1v) is 8.64. The fourth-order valence-electron chi connectivity index (χ4n) is 2.83. The SMILES string of the molecule is CC[C@H](C)NC(=O)c1cn(-c2cccc(OC)c2)c(=O)c2ccccc12. The van der Waals surface area contributed by atoms with Crippen LogP contribution in [0, 0.1) is 0 Å². The number of carbonyl (C=O) groups is 1. The molecule has 0 unspecified atom stereocenters. The van der Waals surface area contributed by atoms with E-state index in [0.29, 0.717) is 27.8 Å². The summed E-state index contributed by atoms with van der Waals surface area (Å²) in [6.07, 6.45) is 2.44. The van der Waals surface area contributed by atoms with Crippen LogP contribution in [0.4, 0.5) is 0 Å². The van der Waals surface area contributed by atoms with Crippen molar-refractivity contribution in [2.45, 2.75) is 26.3 Å². The lowest BCUT2D eigenvalue weighted by Gasteiger charge is -2.15. The van der Waals surface area contributed by atoms with E-state index in [1.54, 1.807) is 37.6 Å². The van der Waals surface area contributed by atoms with Crippen LogP contribution in [-0.2, 0) is 0 Å². The van der Waals surface area contributed by atoms with Gasteiger partial charge in [-0.1, -0.05) is 31.2 Å². The number of ether oxygens (including phenoxy) is 1. The number of nitrogens with zero attached hydrogens (tertiary/aromatic N) is 1. The van der Waals surface area contributed by atoms with Crippen molar-refractivity contribution in [1.29, 1.82) is 0 Å². The van der Waals surface area contributed by atoms with Gasteiger partial charge in [0.15, 0.2) is 0 Å². The first-order chi connectivity index (χ1) is 12.5. The summed E-state index contributed by atoms with van der Waals surface area (Å²) in [4.78, 5) is 25.8. The number of carbonyl (C=O) groups excluding carboxylic acids is 1. The highest BCUT2D eigenvalue weighted by Crippen LogP contribution is 2.20. The molecule has 0 fully saturated rings. The summed E-state index contributed by atoms with van der Waals surface area (Å²) < 4.78 is 6.75. The Morgan fingerprint density at radius 1 is 1.15 bits per heavy atom. The fourth-order valence-corrected chi connectivity index (χ4v) is 2.83. The Hall–Kier alpha value is -3.08. The summed E-state index contributed by atoms with van der Waals surface area (Å²) >= 11 is 0. The molecule has 134 valence electrons. The number of hydrogen-bond donors (Lipinski definition) is 1. The Morgan fingerprint density at radius 3 is 2.58 bits per heavy atom. The zero-order valence-electron chi connectivity index (χ0n) is 15.2. The zero-order valence-corrected chi connectivity index (χ0v) is 15.2. The molecule has 0 aliphatic heterocycles. The van der Waals surface area contributed by atoms with E-state index >= 15 is 0 Å². The van der Waals surface area contributed by atoms with E-state index in [0.717, 1.165) is 6.42 Å². The lowest BCUT2D eigenvalue weighted by atomic mass is 10.1. The van der Waals surface area contributed by atoms with E-state index in [2.05, 4.69) is 5.32 Å². The maximum atomic E-state index is 13.0. The molecule has 1 N–H and O–H groups in total. The average Bonchev–Trinajstić information content (AvgIpc) is 2.68. The zero-order chi connectivity index (χ0) is 18.7. The molecule has 0 aliphatic carbocycles. The highest BCUT2D eigenvalue weighted by Gasteiger charge is 2.16. The van der Waals surface area contributed by atoms with Gasteiger partial charge >= 0.3 is 0 Å². The molecule has 1 atom stereocenters. The summed E-state index contributed by atoms with van der Waals surface area (Å²) in [5.74, 6) is 0.459. The normalized spacial score (nSPS) is 12.0. The monoisotopic (exact) mass is 350 g/mol. The van der Waals surface area contributed by atoms with Crippen LogP contribution in [0.1, 0.15) is 30.6 Å². The minimum absolute atomic E-state index is 0.0541. The second-order valence-corrected chi connectivity index (χ2v) is 6.25. The third kappa shape index (κ3) is 3.33. The van der Waals surface area contributed by atoms with Gasteiger partial charge < -0.3 is 10.1 Å². The maximum Gasteiger partial charge on any atom is 0.262 e. The van der Waals surface area contributed by atoms with Gasteiger partial charge in [-0.05, 0) is 31.5 Å². The molecule has 0 saturated heterocycles. The predicted octanol–water partition coefficient (Wildman–Crippen LogP) is 3.53. The van der Waals surface area contributed by atoms with Gasteiger partial charge in [-0.3, -0.25) is 14.2 Å². The van der Waals surface area contributed by atoms with E-state index in [4.69, 9.17) is 4.74 Å². The average molecular weight is 350 g/mol. The number of fused-ring (bicyclic) bond motifs is 1. The number of hydrogen-bond acceptors (Lipinski definition) is 3. The Bertz CT molecular complexity index is 1010. The summed E-state index contributed by atoms with van der Waals surface area (Å²) in [6.45, 7) is 3.97. The van der Waals surface area contributed by atoms with Gasteiger partial charge in [0.2, 0.25) is 0 Å². The maximum absolute atomic E-state index is 13.0. The minimum Gasteiger partial charge on any atom is -0.497 e. The molecule has 0 bridgehead atoms. The number of nitrogens with one attached hydrogen (secondary N) is 1. The van der Waals surface area contributed by atoms with Crippen molar-refractivity contribution in [3.05, 3.63) is 70.6 Å². The van der Waals surface area contributed by atoms with Gasteiger partial charge in [0, 0.05) is 29.1 Å². The molecule has 0 radical (unpaired) electrons. The van der Waals surface area contributed by atoms with Gasteiger partial charge in [-0.15, -0.1) is 0 Å². The number of pyridine rings is 1. The molecular formula is C21H22N2O3. The summed E-state index contributed by atoms with van der Waals surface area (Å²) in [6, 6.07) is 14.4. The third-order valence-corrected chi connectivity index (χ3v) is 4.49. The summed E-state index contributed by atoms with van der Waals surface area (Å²) in [5, 5.41) is 4.14. The van der Waals surface area contributed by atoms with Crippen molar-refractivity contribution < 1.29 is 9.53 Å². The molecule has 5 heteroatoms. The van der Waals surface area contributed by atoms with Crippen LogP contribution >= 0.6 is 0 Å². The Kier molecular flexibility index (Phi) is 5.07. The molecular weight excluding hydrogens is 328 g/mol. The highest BCUT2D eigenvalue weighted by molar-refractivity contribution is 6.06. The van der Waals surface area contributed by atoms with Gasteiger partial charge in [-0.2, -0.15) is 0 Å². The Balaban J connectivity index is 2.23. The van der Waals surface area contributed by atoms with Crippen LogP contribution in [0.3, 0.4) is 0 Å². The quantitative estimate of drug-likeness (QED) is 0.766. The number of methoxy groups -OCH3 is 1. The molecule has 5 nitrogen and oxygen atoms in total. The van der Waals surface area contributed by atoms with E-state index in [9.17, 15) is 9.59 Å². The summed E-state index contributed by atoms with van der Waals surface area (Å²) in [7, 11) is 1.58. The molecule has 26 heavy (non-hydrogen) atoms. The van der Waals surface area contributed by atoms with Crippen LogP contribution in [-0.4, -0.2) is 23.6 Å². The number of aromatic nitrogens is 1. The van der Waals surface area contributed by atoms with Crippen LogP contribution in [0.25, 0.3) is 16.5 Å². The largest absolute Gasteiger partial charge is 0.497 e. The smallest absolute Gasteiger partial charge is 0.262 e. The van der Waals surface area contributed by atoms with Gasteiger partial charge in [0.1, 0.15) is 5.75 Å². The molecule has 1 amide bonds. The first-order valence-electron chi connectivity index (χ1n) is 8.64. The Labute approximate surface area is 152 Å². The number of benzene rings is 2. The second-order valence-electron chi connectivity index (χ2n) is 6.25. The fraction of sp³-hybridized carbons (Fsp3) is 0.238. The molecule has 1 aromatic heterocycles. The lowest BCUT2D eigenvalue weighted by molar-refractivity contribution is 0.0940. The first kappa shape index (κ1) is 17.7. The van der Waals surface area contributed by atoms with E-state index in [1.807, 2.05) is 38.1 Å². The molecule has 0 saturated carbocycles. The van der Waals surface area contributed by atoms with Crippen molar-refractivity contribution in [2.24, 2.45) is 0 Å². The van der Waals surface area contributed by atoms with Crippen molar-refractivity contribution >= 4 is 16.7 Å². The standard InChI is InChI=1S/C21H22N2O3/c1-4-14(2)22-20(24)19-13-23(15-8-7-9-16(12-15)26-3)21(25)18-11-6-5-10-17(18)19/h5-14H,4H2,1-3H3,(H,22,24)/t14-/m0/s1. The van der Waals surface area contributed by atoms with Crippen molar-refractivity contribution in [2.75, 3.05) is 7.11 Å². The number of rotatable bonds is 5. The van der Waals surface area contributed by atoms with Gasteiger partial charge in [0.25, 0.3) is 11.5 Å². The van der Waals surface area contributed by atoms with Crippen LogP contribution in [0.5, 0.6) is 5.75 Å². The minimum atomic E-state index is -0.188. The van der Waals surface area contributed by atoms with Crippen LogP contribution < -0.4 is 15.6 Å². The van der Waals surface area contributed by atoms with Crippen molar-refractivity contribution in [1.82, 2.24) is 9.88 Å². The van der Waals surface area contributed by atoms with Crippen molar-refractivity contribution in [3.63, 3.8) is 0 Å². The Morgan fingerprint density at radius 2 is 1.88 bits per heavy atom. The highest BCUT2D eigenvalue weighted by atomic mass is 16.5. The van der Waals surface area contributed by atoms with Crippen LogP contribution in [0.2, 0.25) is 0 Å². The molecule has 2 aromatic carbocycles. The predicted molar refractivity (Wildman–Crippen MR) is 103 cm³/mol. The molecule has 1 heterocycles. The molecule has 0 spiro atoms. The van der Waals surface area contributed by atoms with Crippen molar-refractivity contribution in [3.8, 4) is 11.4 Å². The van der Waals surface area contributed by atoms with E-state index in [1.165, 1.54) is 4.57 Å². The topological polar surface area (TPSA) is 60.3 Å². The molecule has 3 aromatic rings. The van der Waals surface area contributed by atoms with E-state index < -0.39 is 0 Å².